The number of nitrogens with zero attached hydrogens (tertiary/aromatic N) is 1. The fraction of sp³-hybridized carbons (Fsp3) is 0.417. The molecule has 0 heterocycles. The van der Waals surface area contributed by atoms with Gasteiger partial charge in [0.15, 0.2) is 0 Å². The van der Waals surface area contributed by atoms with Gasteiger partial charge in [0.1, 0.15) is 6.61 Å². The Labute approximate surface area is 105 Å². The molecule has 0 saturated heterocycles. The Morgan fingerprint density at radius 1 is 1.39 bits per heavy atom. The highest BCUT2D eigenvalue weighted by molar-refractivity contribution is 5.91. The molecule has 1 aromatic carbocycles. The third-order valence-electron chi connectivity index (χ3n) is 2.24. The molecule has 0 aliphatic carbocycles. The zero-order valence-electron chi connectivity index (χ0n) is 10.2. The van der Waals surface area contributed by atoms with E-state index in [4.69, 9.17) is 4.74 Å². The van der Waals surface area contributed by atoms with E-state index < -0.39 is 4.92 Å². The van der Waals surface area contributed by atoms with Gasteiger partial charge < -0.3 is 10.1 Å². The molecule has 1 N–H and O–H groups in total. The monoisotopic (exact) mass is 252 g/mol. The Hall–Kier alpha value is -1.95. The minimum absolute atomic E-state index is 0.00299. The number of ether oxygens (including phenoxy) is 1. The van der Waals surface area contributed by atoms with Crippen LogP contribution in [-0.2, 0) is 9.53 Å². The Morgan fingerprint density at radius 3 is 2.61 bits per heavy atom. The number of carbonyl (C=O) groups is 1. The first kappa shape index (κ1) is 14.1. The largest absolute Gasteiger partial charge is 0.372 e. The number of hydrogen-bond acceptors (Lipinski definition) is 4. The Bertz CT molecular complexity index is 403. The highest BCUT2D eigenvalue weighted by atomic mass is 16.6. The molecule has 0 radical (unpaired) electrons. The molecule has 18 heavy (non-hydrogen) atoms. The van der Waals surface area contributed by atoms with E-state index in [9.17, 15) is 14.9 Å². The van der Waals surface area contributed by atoms with Crippen LogP contribution in [0.1, 0.15) is 19.8 Å². The van der Waals surface area contributed by atoms with Crippen LogP contribution in [0.15, 0.2) is 24.3 Å². The van der Waals surface area contributed by atoms with Crippen LogP contribution in [-0.4, -0.2) is 24.0 Å². The second-order valence-electron chi connectivity index (χ2n) is 3.76. The van der Waals surface area contributed by atoms with Gasteiger partial charge in [0.05, 0.1) is 4.92 Å². The fourth-order valence-electron chi connectivity index (χ4n) is 1.27. The summed E-state index contributed by atoms with van der Waals surface area (Å²) in [5.74, 6) is -0.264. The van der Waals surface area contributed by atoms with E-state index in [0.29, 0.717) is 12.3 Å². The number of amides is 1. The summed E-state index contributed by atoms with van der Waals surface area (Å²) in [6, 6.07) is 5.66. The van der Waals surface area contributed by atoms with Crippen molar-refractivity contribution in [2.45, 2.75) is 19.8 Å². The Morgan fingerprint density at radius 2 is 2.06 bits per heavy atom. The number of carbonyl (C=O) groups excluding carboxylic acids is 1. The number of nitro benzene ring substituents is 1. The third kappa shape index (κ3) is 4.92. The van der Waals surface area contributed by atoms with Crippen molar-refractivity contribution < 1.29 is 14.5 Å². The molecule has 98 valence electrons. The minimum Gasteiger partial charge on any atom is -0.372 e. The number of unbranched alkanes of at least 4 members (excludes halogenated alkanes) is 1. The molecule has 0 spiro atoms. The van der Waals surface area contributed by atoms with E-state index in [1.54, 1.807) is 0 Å². The highest BCUT2D eigenvalue weighted by Gasteiger charge is 2.06. The van der Waals surface area contributed by atoms with Gasteiger partial charge in [-0.2, -0.15) is 0 Å². The van der Waals surface area contributed by atoms with Gasteiger partial charge in [-0.15, -0.1) is 0 Å². The Kier molecular flexibility index (Phi) is 5.79. The maximum absolute atomic E-state index is 11.4. The molecule has 1 rings (SSSR count). The molecule has 0 aliphatic rings. The van der Waals surface area contributed by atoms with E-state index in [2.05, 4.69) is 5.32 Å². The summed E-state index contributed by atoms with van der Waals surface area (Å²) in [7, 11) is 0. The van der Waals surface area contributed by atoms with Crippen molar-refractivity contribution in [1.82, 2.24) is 0 Å². The molecular formula is C12H16N2O4. The maximum Gasteiger partial charge on any atom is 0.269 e. The van der Waals surface area contributed by atoms with E-state index >= 15 is 0 Å². The van der Waals surface area contributed by atoms with Crippen molar-refractivity contribution in [3.05, 3.63) is 34.4 Å². The number of anilines is 1. The van der Waals surface area contributed by atoms with E-state index in [1.165, 1.54) is 24.3 Å². The minimum atomic E-state index is -0.487. The van der Waals surface area contributed by atoms with Crippen LogP contribution in [0, 0.1) is 10.1 Å². The van der Waals surface area contributed by atoms with E-state index in [-0.39, 0.29) is 18.2 Å². The summed E-state index contributed by atoms with van der Waals surface area (Å²) in [6.07, 6.45) is 1.94. The van der Waals surface area contributed by atoms with Crippen molar-refractivity contribution in [2.24, 2.45) is 0 Å². The first-order chi connectivity index (χ1) is 8.63. The van der Waals surface area contributed by atoms with Crippen LogP contribution < -0.4 is 5.32 Å². The van der Waals surface area contributed by atoms with Crippen molar-refractivity contribution in [1.29, 1.82) is 0 Å². The number of hydrogen-bond donors (Lipinski definition) is 1. The van der Waals surface area contributed by atoms with Gasteiger partial charge in [-0.25, -0.2) is 0 Å². The van der Waals surface area contributed by atoms with Gasteiger partial charge in [-0.3, -0.25) is 14.9 Å². The second kappa shape index (κ2) is 7.39. The molecule has 0 unspecified atom stereocenters. The molecule has 0 saturated carbocycles. The first-order valence-electron chi connectivity index (χ1n) is 5.75. The first-order valence-corrected chi connectivity index (χ1v) is 5.75. The van der Waals surface area contributed by atoms with Crippen molar-refractivity contribution in [2.75, 3.05) is 18.5 Å². The lowest BCUT2D eigenvalue weighted by Crippen LogP contribution is -2.18. The summed E-state index contributed by atoms with van der Waals surface area (Å²) < 4.78 is 5.15. The van der Waals surface area contributed by atoms with Crippen molar-refractivity contribution in [3.8, 4) is 0 Å². The lowest BCUT2D eigenvalue weighted by Gasteiger charge is -2.05. The molecular weight excluding hydrogens is 236 g/mol. The van der Waals surface area contributed by atoms with Gasteiger partial charge in [0.25, 0.3) is 5.69 Å². The zero-order valence-corrected chi connectivity index (χ0v) is 10.2. The van der Waals surface area contributed by atoms with Crippen molar-refractivity contribution in [3.63, 3.8) is 0 Å². The number of non-ortho nitro benzene ring substituents is 1. The van der Waals surface area contributed by atoms with E-state index in [0.717, 1.165) is 12.8 Å². The van der Waals surface area contributed by atoms with Crippen LogP contribution in [0.2, 0.25) is 0 Å². The van der Waals surface area contributed by atoms with Gasteiger partial charge in [0, 0.05) is 24.4 Å². The number of nitrogens with one attached hydrogen (secondary N) is 1. The predicted molar refractivity (Wildman–Crippen MR) is 67.5 cm³/mol. The number of nitro groups is 1. The predicted octanol–water partition coefficient (Wildman–Crippen LogP) is 2.35. The van der Waals surface area contributed by atoms with E-state index in [1.807, 2.05) is 6.92 Å². The number of rotatable bonds is 7. The van der Waals surface area contributed by atoms with Crippen LogP contribution in [0.5, 0.6) is 0 Å². The maximum atomic E-state index is 11.4. The average Bonchev–Trinajstić information content (AvgIpc) is 2.35. The van der Waals surface area contributed by atoms with Gasteiger partial charge in [-0.05, 0) is 18.6 Å². The Balaban J connectivity index is 2.37. The standard InChI is InChI=1S/C12H16N2O4/c1-2-3-8-18-9-12(15)13-10-4-6-11(7-5-10)14(16)17/h4-7H,2-3,8-9H2,1H3,(H,13,15). The third-order valence-corrected chi connectivity index (χ3v) is 2.24. The quantitative estimate of drug-likeness (QED) is 0.459. The summed E-state index contributed by atoms with van der Waals surface area (Å²) in [5, 5.41) is 13.0. The molecule has 1 aromatic rings. The highest BCUT2D eigenvalue weighted by Crippen LogP contribution is 2.15. The second-order valence-corrected chi connectivity index (χ2v) is 3.76. The smallest absolute Gasteiger partial charge is 0.269 e. The molecule has 6 nitrogen and oxygen atoms in total. The molecule has 0 aromatic heterocycles. The summed E-state index contributed by atoms with van der Waals surface area (Å²) in [4.78, 5) is 21.4. The topological polar surface area (TPSA) is 81.5 Å². The molecule has 0 fully saturated rings. The molecule has 6 heteroatoms. The zero-order chi connectivity index (χ0) is 13.4. The lowest BCUT2D eigenvalue weighted by atomic mass is 10.3. The van der Waals surface area contributed by atoms with Gasteiger partial charge in [0.2, 0.25) is 5.91 Å². The van der Waals surface area contributed by atoms with Crippen LogP contribution in [0.25, 0.3) is 0 Å². The van der Waals surface area contributed by atoms with Crippen molar-refractivity contribution >= 4 is 17.3 Å². The average molecular weight is 252 g/mol. The van der Waals surface area contributed by atoms with Gasteiger partial charge >= 0.3 is 0 Å². The SMILES string of the molecule is CCCCOCC(=O)Nc1ccc([N+](=O)[O-])cc1. The van der Waals surface area contributed by atoms with Crippen LogP contribution in [0.3, 0.4) is 0 Å². The summed E-state index contributed by atoms with van der Waals surface area (Å²) in [5.41, 5.74) is 0.511. The molecule has 1 amide bonds. The number of benzene rings is 1. The normalized spacial score (nSPS) is 10.1. The molecule has 0 bridgehead atoms. The molecule has 0 aliphatic heterocycles. The fourth-order valence-corrected chi connectivity index (χ4v) is 1.27. The van der Waals surface area contributed by atoms with Gasteiger partial charge in [-0.1, -0.05) is 13.3 Å². The van der Waals surface area contributed by atoms with Crippen LogP contribution >= 0.6 is 0 Å². The summed E-state index contributed by atoms with van der Waals surface area (Å²) in [6.45, 7) is 2.60. The van der Waals surface area contributed by atoms with Crippen LogP contribution in [0.4, 0.5) is 11.4 Å². The molecule has 0 atom stereocenters. The summed E-state index contributed by atoms with van der Waals surface area (Å²) >= 11 is 0. The lowest BCUT2D eigenvalue weighted by molar-refractivity contribution is -0.384.